The molecule has 1 aliphatic rings. The van der Waals surface area contributed by atoms with E-state index in [2.05, 4.69) is 21.6 Å². The summed E-state index contributed by atoms with van der Waals surface area (Å²) in [6.07, 6.45) is 0.233. The number of hydrogen-bond acceptors (Lipinski definition) is 7. The van der Waals surface area contributed by atoms with E-state index in [1.807, 2.05) is 6.07 Å². The lowest BCUT2D eigenvalue weighted by Crippen LogP contribution is -2.48. The van der Waals surface area contributed by atoms with Crippen molar-refractivity contribution in [2.75, 3.05) is 22.5 Å². The highest BCUT2D eigenvalue weighted by Gasteiger charge is 2.32. The van der Waals surface area contributed by atoms with Crippen molar-refractivity contribution in [3.05, 3.63) is 24.3 Å². The average Bonchev–Trinajstić information content (AvgIpc) is 3.06. The Hall–Kier alpha value is -2.13. The largest absolute Gasteiger partial charge is 0.476 e. The van der Waals surface area contributed by atoms with E-state index >= 15 is 0 Å². The number of aromatic nitrogens is 2. The highest BCUT2D eigenvalue weighted by Crippen LogP contribution is 2.33. The molecule has 0 bridgehead atoms. The maximum Gasteiger partial charge on any atom is 0.269 e. The van der Waals surface area contributed by atoms with Gasteiger partial charge in [0.15, 0.2) is 6.10 Å². The lowest BCUT2D eigenvalue weighted by atomic mass is 10.2. The van der Waals surface area contributed by atoms with Gasteiger partial charge in [-0.1, -0.05) is 30.8 Å². The third-order valence-electron chi connectivity index (χ3n) is 3.52. The van der Waals surface area contributed by atoms with Gasteiger partial charge in [-0.05, 0) is 18.6 Å². The number of thioether (sulfide) groups is 1. The van der Waals surface area contributed by atoms with Gasteiger partial charge >= 0.3 is 0 Å². The van der Waals surface area contributed by atoms with E-state index in [1.54, 1.807) is 34.9 Å². The smallest absolute Gasteiger partial charge is 0.269 e. The normalized spacial score (nSPS) is 16.1. The second-order valence-corrected chi connectivity index (χ2v) is 7.24. The fourth-order valence-corrected chi connectivity index (χ4v) is 3.77. The van der Waals surface area contributed by atoms with Crippen LogP contribution in [0.25, 0.3) is 0 Å². The number of benzene rings is 1. The van der Waals surface area contributed by atoms with Crippen LogP contribution < -0.4 is 15.0 Å². The van der Waals surface area contributed by atoms with Crippen LogP contribution in [-0.4, -0.2) is 39.6 Å². The topological polar surface area (TPSA) is 84.4 Å². The molecule has 1 N–H and O–H groups in total. The van der Waals surface area contributed by atoms with Gasteiger partial charge in [0.1, 0.15) is 5.75 Å². The quantitative estimate of drug-likeness (QED) is 0.806. The minimum absolute atomic E-state index is 0.136. The van der Waals surface area contributed by atoms with Crippen LogP contribution in [-0.2, 0) is 9.59 Å². The molecule has 2 aromatic rings. The van der Waals surface area contributed by atoms with Crippen molar-refractivity contribution in [2.24, 2.45) is 0 Å². The molecule has 132 valence electrons. The number of amides is 2. The Morgan fingerprint density at radius 3 is 3.00 bits per heavy atom. The number of carbonyl (C=O) groups is 2. The molecule has 0 unspecified atom stereocenters. The van der Waals surface area contributed by atoms with Crippen molar-refractivity contribution in [2.45, 2.75) is 31.5 Å². The second kappa shape index (κ2) is 7.83. The predicted molar refractivity (Wildman–Crippen MR) is 98.4 cm³/mol. The van der Waals surface area contributed by atoms with Crippen LogP contribution in [0, 0.1) is 0 Å². The molecule has 0 fully saturated rings. The van der Waals surface area contributed by atoms with Crippen LogP contribution in [0.5, 0.6) is 5.75 Å². The van der Waals surface area contributed by atoms with E-state index < -0.39 is 6.10 Å². The van der Waals surface area contributed by atoms with Crippen LogP contribution in [0.4, 0.5) is 10.8 Å². The summed E-state index contributed by atoms with van der Waals surface area (Å²) < 4.78 is 9.97. The first-order valence-electron chi connectivity index (χ1n) is 7.89. The summed E-state index contributed by atoms with van der Waals surface area (Å²) in [4.78, 5) is 30.3. The summed E-state index contributed by atoms with van der Waals surface area (Å²) in [6.45, 7) is 3.72. The van der Waals surface area contributed by atoms with E-state index in [-0.39, 0.29) is 18.4 Å². The Labute approximate surface area is 153 Å². The summed E-state index contributed by atoms with van der Waals surface area (Å²) in [7, 11) is 0. The van der Waals surface area contributed by atoms with Gasteiger partial charge in [0.2, 0.25) is 16.2 Å². The number of rotatable bonds is 5. The summed E-state index contributed by atoms with van der Waals surface area (Å²) >= 11 is 2.69. The second-order valence-electron chi connectivity index (χ2n) is 5.42. The molecular formula is C16H18N4O3S2. The molecule has 25 heavy (non-hydrogen) atoms. The summed E-state index contributed by atoms with van der Waals surface area (Å²) in [6, 6.07) is 7.18. The van der Waals surface area contributed by atoms with Gasteiger partial charge in [0.25, 0.3) is 5.91 Å². The predicted octanol–water partition coefficient (Wildman–Crippen LogP) is 2.79. The zero-order valence-electron chi connectivity index (χ0n) is 13.9. The zero-order valence-corrected chi connectivity index (χ0v) is 15.5. The first kappa shape index (κ1) is 17.7. The molecule has 7 nitrogen and oxygen atoms in total. The van der Waals surface area contributed by atoms with Crippen molar-refractivity contribution in [1.82, 2.24) is 9.36 Å². The molecule has 1 aliphatic heterocycles. The monoisotopic (exact) mass is 378 g/mol. The fourth-order valence-electron chi connectivity index (χ4n) is 2.37. The Bertz CT molecular complexity index is 780. The molecule has 9 heteroatoms. The first-order valence-corrected chi connectivity index (χ1v) is 9.65. The molecule has 2 amide bonds. The number of nitrogens with zero attached hydrogens (tertiary/aromatic N) is 3. The van der Waals surface area contributed by atoms with Gasteiger partial charge in [-0.2, -0.15) is 9.36 Å². The third kappa shape index (κ3) is 4.10. The van der Waals surface area contributed by atoms with Gasteiger partial charge in [-0.15, -0.1) is 0 Å². The Morgan fingerprint density at radius 2 is 2.24 bits per heavy atom. The van der Waals surface area contributed by atoms with E-state index in [0.29, 0.717) is 21.7 Å². The number of anilines is 2. The SMILES string of the molecule is CCCSc1nsc(NC(=O)[C@@H]2CN(C(C)=O)c3ccccc3O2)n1. The summed E-state index contributed by atoms with van der Waals surface area (Å²) in [5.74, 6) is 0.965. The lowest BCUT2D eigenvalue weighted by molar-refractivity contribution is -0.123. The fraction of sp³-hybridized carbons (Fsp3) is 0.375. The molecule has 0 radical (unpaired) electrons. The molecule has 1 atom stereocenters. The minimum atomic E-state index is -0.797. The summed E-state index contributed by atoms with van der Waals surface area (Å²) in [5.41, 5.74) is 0.674. The van der Waals surface area contributed by atoms with Gasteiger partial charge in [0, 0.05) is 24.2 Å². The van der Waals surface area contributed by atoms with Crippen LogP contribution in [0.15, 0.2) is 29.4 Å². The molecule has 1 aromatic carbocycles. The number of ether oxygens (including phenoxy) is 1. The van der Waals surface area contributed by atoms with Crippen LogP contribution in [0.3, 0.4) is 0 Å². The van der Waals surface area contributed by atoms with Crippen LogP contribution >= 0.6 is 23.3 Å². The number of fused-ring (bicyclic) bond motifs is 1. The highest BCUT2D eigenvalue weighted by atomic mass is 32.2. The Kier molecular flexibility index (Phi) is 5.54. The van der Waals surface area contributed by atoms with Crippen molar-refractivity contribution in [3.63, 3.8) is 0 Å². The van der Waals surface area contributed by atoms with Gasteiger partial charge in [0.05, 0.1) is 12.2 Å². The zero-order chi connectivity index (χ0) is 17.8. The maximum absolute atomic E-state index is 12.5. The number of para-hydroxylation sites is 2. The molecule has 0 spiro atoms. The highest BCUT2D eigenvalue weighted by molar-refractivity contribution is 7.99. The van der Waals surface area contributed by atoms with E-state index in [1.165, 1.54) is 6.92 Å². The molecule has 0 aliphatic carbocycles. The molecule has 2 heterocycles. The molecule has 0 saturated carbocycles. The van der Waals surface area contributed by atoms with Crippen LogP contribution in [0.2, 0.25) is 0 Å². The van der Waals surface area contributed by atoms with Crippen molar-refractivity contribution < 1.29 is 14.3 Å². The molecule has 1 aromatic heterocycles. The third-order valence-corrected chi connectivity index (χ3v) is 5.32. The van der Waals surface area contributed by atoms with Crippen molar-refractivity contribution in [1.29, 1.82) is 0 Å². The summed E-state index contributed by atoms with van der Waals surface area (Å²) in [5, 5.41) is 3.81. The molecule has 0 saturated heterocycles. The number of hydrogen-bond donors (Lipinski definition) is 1. The number of carbonyl (C=O) groups excluding carboxylic acids is 2. The van der Waals surface area contributed by atoms with E-state index in [4.69, 9.17) is 4.74 Å². The molecule has 3 rings (SSSR count). The Morgan fingerprint density at radius 1 is 1.44 bits per heavy atom. The van der Waals surface area contributed by atoms with Gasteiger partial charge in [-0.3, -0.25) is 14.9 Å². The average molecular weight is 378 g/mol. The maximum atomic E-state index is 12.5. The standard InChI is InChI=1S/C16H18N4O3S2/c1-3-8-24-16-18-15(25-19-16)17-14(22)13-9-20(10(2)21)11-6-4-5-7-12(11)23-13/h4-7,13H,3,8-9H2,1-2H3,(H,17,18,19,22)/t13-/m0/s1. The van der Waals surface area contributed by atoms with Gasteiger partial charge in [-0.25, -0.2) is 0 Å². The van der Waals surface area contributed by atoms with E-state index in [0.717, 1.165) is 23.7 Å². The Balaban J connectivity index is 1.70. The molecular weight excluding hydrogens is 360 g/mol. The van der Waals surface area contributed by atoms with Crippen molar-refractivity contribution >= 4 is 45.9 Å². The van der Waals surface area contributed by atoms with Gasteiger partial charge < -0.3 is 9.64 Å². The first-order chi connectivity index (χ1) is 12.1. The minimum Gasteiger partial charge on any atom is -0.476 e. The van der Waals surface area contributed by atoms with Crippen LogP contribution in [0.1, 0.15) is 20.3 Å². The van der Waals surface area contributed by atoms with E-state index in [9.17, 15) is 9.59 Å². The van der Waals surface area contributed by atoms with Crippen molar-refractivity contribution in [3.8, 4) is 5.75 Å². The lowest BCUT2D eigenvalue weighted by Gasteiger charge is -2.33. The number of nitrogens with one attached hydrogen (secondary N) is 1.